The van der Waals surface area contributed by atoms with Gasteiger partial charge in [0.15, 0.2) is 11.4 Å². The number of anilines is 1. The molecule has 5 nitrogen and oxygen atoms in total. The summed E-state index contributed by atoms with van der Waals surface area (Å²) in [4.78, 5) is 16.3. The summed E-state index contributed by atoms with van der Waals surface area (Å²) in [5.41, 5.74) is 4.09. The first-order valence-corrected chi connectivity index (χ1v) is 8.79. The number of aromatic nitrogens is 3. The Morgan fingerprint density at radius 3 is 3.12 bits per heavy atom. The Hall–Kier alpha value is -2.43. The molecule has 5 heteroatoms. The van der Waals surface area contributed by atoms with Crippen LogP contribution in [0.25, 0.3) is 11.2 Å². The monoisotopic (exact) mass is 322 g/mol. The van der Waals surface area contributed by atoms with E-state index in [4.69, 9.17) is 5.10 Å². The summed E-state index contributed by atoms with van der Waals surface area (Å²) < 4.78 is 1.91. The van der Waals surface area contributed by atoms with Crippen molar-refractivity contribution in [1.29, 1.82) is 0 Å². The number of Topliss-reactive ketones (excluding diaryl/α,β-unsaturated/α-hetero) is 1. The second kappa shape index (κ2) is 6.23. The molecule has 0 saturated heterocycles. The van der Waals surface area contributed by atoms with Crippen LogP contribution in [-0.2, 0) is 4.79 Å². The van der Waals surface area contributed by atoms with Gasteiger partial charge in [0.2, 0.25) is 0 Å². The lowest BCUT2D eigenvalue weighted by Crippen LogP contribution is -2.09. The second-order valence-electron chi connectivity index (χ2n) is 6.59. The molecule has 0 aromatic carbocycles. The van der Waals surface area contributed by atoms with Crippen LogP contribution in [0.3, 0.4) is 0 Å². The number of ketones is 1. The fourth-order valence-electron chi connectivity index (χ4n) is 3.57. The third-order valence-corrected chi connectivity index (χ3v) is 4.94. The van der Waals surface area contributed by atoms with E-state index in [0.29, 0.717) is 18.1 Å². The van der Waals surface area contributed by atoms with Crippen LogP contribution in [0.15, 0.2) is 36.1 Å². The summed E-state index contributed by atoms with van der Waals surface area (Å²) in [5.74, 6) is 1.56. The van der Waals surface area contributed by atoms with Crippen LogP contribution in [0.2, 0.25) is 0 Å². The molecule has 2 aliphatic carbocycles. The number of hydrogen-bond donors (Lipinski definition) is 1. The molecule has 2 aliphatic rings. The predicted octanol–water partition coefficient (Wildman–Crippen LogP) is 3.63. The zero-order valence-electron chi connectivity index (χ0n) is 14.0. The summed E-state index contributed by atoms with van der Waals surface area (Å²) in [6.45, 7) is 3.11. The van der Waals surface area contributed by atoms with Crippen LogP contribution < -0.4 is 5.32 Å². The molecule has 1 saturated carbocycles. The number of unbranched alkanes of at least 4 members (excludes halogenated alkanes) is 1. The Kier molecular flexibility index (Phi) is 3.92. The van der Waals surface area contributed by atoms with Crippen LogP contribution in [0, 0.1) is 5.92 Å². The Morgan fingerprint density at radius 2 is 2.25 bits per heavy atom. The maximum atomic E-state index is 11.8. The molecule has 1 fully saturated rings. The maximum Gasteiger partial charge on any atom is 0.159 e. The molecule has 1 unspecified atom stereocenters. The van der Waals surface area contributed by atoms with E-state index in [-0.39, 0.29) is 0 Å². The van der Waals surface area contributed by atoms with E-state index < -0.39 is 0 Å². The number of allylic oxidation sites excluding steroid dienone is 4. The highest BCUT2D eigenvalue weighted by Gasteiger charge is 2.31. The highest BCUT2D eigenvalue weighted by molar-refractivity contribution is 5.99. The molecule has 1 atom stereocenters. The first kappa shape index (κ1) is 15.1. The van der Waals surface area contributed by atoms with Gasteiger partial charge in [-0.2, -0.15) is 0 Å². The number of nitrogens with zero attached hydrogens (tertiary/aromatic N) is 3. The van der Waals surface area contributed by atoms with Crippen molar-refractivity contribution in [3.8, 4) is 0 Å². The smallest absolute Gasteiger partial charge is 0.159 e. The lowest BCUT2D eigenvalue weighted by atomic mass is 9.88. The summed E-state index contributed by atoms with van der Waals surface area (Å²) in [6.07, 6.45) is 10.8. The van der Waals surface area contributed by atoms with Gasteiger partial charge in [0.05, 0.1) is 11.9 Å². The summed E-state index contributed by atoms with van der Waals surface area (Å²) >= 11 is 0. The van der Waals surface area contributed by atoms with E-state index in [1.54, 1.807) is 0 Å². The largest absolute Gasteiger partial charge is 0.369 e. The molecule has 124 valence electrons. The highest BCUT2D eigenvalue weighted by atomic mass is 16.1. The van der Waals surface area contributed by atoms with E-state index >= 15 is 0 Å². The summed E-state index contributed by atoms with van der Waals surface area (Å²) in [5, 5.41) is 8.06. The van der Waals surface area contributed by atoms with Crippen LogP contribution in [0.1, 0.15) is 44.7 Å². The number of fused-ring (bicyclic) bond motifs is 2. The highest BCUT2D eigenvalue weighted by Crippen LogP contribution is 2.39. The standard InChI is InChI=1S/C19H22N4O/c1-2-3-10-20-18-8-9-19-21-12-16(23(19)22-18)14-4-6-15-13(11-14)5-7-17(15)24/h4,6,8-9,12-13H,2-3,5,7,10-11H2,1H3,(H,20,22). The number of imidazole rings is 1. The van der Waals surface area contributed by atoms with E-state index in [0.717, 1.165) is 55.0 Å². The average molecular weight is 322 g/mol. The van der Waals surface area contributed by atoms with Crippen LogP contribution in [-0.4, -0.2) is 26.9 Å². The Bertz CT molecular complexity index is 846. The molecule has 0 aliphatic heterocycles. The van der Waals surface area contributed by atoms with Crippen molar-refractivity contribution in [3.05, 3.63) is 41.7 Å². The molecule has 0 amide bonds. The molecule has 0 radical (unpaired) electrons. The van der Waals surface area contributed by atoms with E-state index in [1.807, 2.05) is 28.9 Å². The van der Waals surface area contributed by atoms with Gasteiger partial charge >= 0.3 is 0 Å². The minimum atomic E-state index is 0.314. The third-order valence-electron chi connectivity index (χ3n) is 4.94. The molecule has 2 aromatic heterocycles. The van der Waals surface area contributed by atoms with Gasteiger partial charge in [0, 0.05) is 13.0 Å². The van der Waals surface area contributed by atoms with Crippen molar-refractivity contribution in [1.82, 2.24) is 14.6 Å². The van der Waals surface area contributed by atoms with Gasteiger partial charge in [-0.05, 0) is 48.5 Å². The average Bonchev–Trinajstić information content (AvgIpc) is 3.18. The first-order valence-electron chi connectivity index (χ1n) is 8.79. The lowest BCUT2D eigenvalue weighted by Gasteiger charge is -2.17. The van der Waals surface area contributed by atoms with Crippen molar-refractivity contribution in [3.63, 3.8) is 0 Å². The van der Waals surface area contributed by atoms with Crippen molar-refractivity contribution >= 4 is 22.8 Å². The maximum absolute atomic E-state index is 11.8. The molecule has 0 spiro atoms. The second-order valence-corrected chi connectivity index (χ2v) is 6.59. The molecule has 0 bridgehead atoms. The molecule has 2 heterocycles. The van der Waals surface area contributed by atoms with Crippen molar-refractivity contribution in [2.75, 3.05) is 11.9 Å². The SMILES string of the molecule is CCCCNc1ccc2ncc(C3=CC=C4C(=O)CCC4C3)n2n1. The van der Waals surface area contributed by atoms with Gasteiger partial charge in [-0.15, -0.1) is 5.10 Å². The normalized spacial score (nSPS) is 20.0. The number of rotatable bonds is 5. The zero-order chi connectivity index (χ0) is 16.5. The van der Waals surface area contributed by atoms with Crippen molar-refractivity contribution in [2.45, 2.75) is 39.0 Å². The molecular formula is C19H22N4O. The van der Waals surface area contributed by atoms with Crippen molar-refractivity contribution < 1.29 is 4.79 Å². The van der Waals surface area contributed by atoms with Crippen molar-refractivity contribution in [2.24, 2.45) is 5.92 Å². The minimum absolute atomic E-state index is 0.314. The van der Waals surface area contributed by atoms with E-state index in [2.05, 4.69) is 23.3 Å². The van der Waals surface area contributed by atoms with Gasteiger partial charge < -0.3 is 5.32 Å². The van der Waals surface area contributed by atoms with E-state index in [1.165, 1.54) is 5.57 Å². The number of carbonyl (C=O) groups excluding carboxylic acids is 1. The Balaban J connectivity index is 1.65. The van der Waals surface area contributed by atoms with Gasteiger partial charge in [-0.3, -0.25) is 4.79 Å². The Labute approximate surface area is 141 Å². The third kappa shape index (κ3) is 2.64. The molecule has 4 rings (SSSR count). The zero-order valence-corrected chi connectivity index (χ0v) is 14.0. The number of carbonyl (C=O) groups is 1. The molecule has 24 heavy (non-hydrogen) atoms. The molecule has 1 N–H and O–H groups in total. The Morgan fingerprint density at radius 1 is 1.33 bits per heavy atom. The predicted molar refractivity (Wildman–Crippen MR) is 94.8 cm³/mol. The number of nitrogens with one attached hydrogen (secondary N) is 1. The molecular weight excluding hydrogens is 300 g/mol. The van der Waals surface area contributed by atoms with Gasteiger partial charge in [-0.25, -0.2) is 9.50 Å². The fraction of sp³-hybridized carbons (Fsp3) is 0.421. The topological polar surface area (TPSA) is 59.3 Å². The van der Waals surface area contributed by atoms with Crippen LogP contribution in [0.4, 0.5) is 5.82 Å². The quantitative estimate of drug-likeness (QED) is 0.854. The van der Waals surface area contributed by atoms with Crippen LogP contribution in [0.5, 0.6) is 0 Å². The number of hydrogen-bond acceptors (Lipinski definition) is 4. The van der Waals surface area contributed by atoms with Gasteiger partial charge in [0.25, 0.3) is 0 Å². The van der Waals surface area contributed by atoms with Gasteiger partial charge in [0.1, 0.15) is 5.82 Å². The molecule has 2 aromatic rings. The van der Waals surface area contributed by atoms with E-state index in [9.17, 15) is 4.79 Å². The minimum Gasteiger partial charge on any atom is -0.369 e. The lowest BCUT2D eigenvalue weighted by molar-refractivity contribution is -0.114. The summed E-state index contributed by atoms with van der Waals surface area (Å²) in [6, 6.07) is 3.97. The first-order chi connectivity index (χ1) is 11.8. The van der Waals surface area contributed by atoms with Crippen LogP contribution >= 0.6 is 0 Å². The summed E-state index contributed by atoms with van der Waals surface area (Å²) in [7, 11) is 0. The fourth-order valence-corrected chi connectivity index (χ4v) is 3.57. The van der Waals surface area contributed by atoms with Gasteiger partial charge in [-0.1, -0.05) is 25.5 Å².